The number of hydrogen-bond donors (Lipinski definition) is 3. The van der Waals surface area contributed by atoms with E-state index in [9.17, 15) is 9.59 Å². The van der Waals surface area contributed by atoms with E-state index in [1.165, 1.54) is 0 Å². The van der Waals surface area contributed by atoms with Crippen molar-refractivity contribution in [2.45, 2.75) is 37.6 Å². The van der Waals surface area contributed by atoms with Gasteiger partial charge in [-0.2, -0.15) is 5.26 Å². The molecule has 0 bridgehead atoms. The second kappa shape index (κ2) is 6.27. The summed E-state index contributed by atoms with van der Waals surface area (Å²) in [5, 5.41) is 22.9. The molecule has 0 aliphatic heterocycles. The lowest BCUT2D eigenvalue weighted by Crippen LogP contribution is -2.55. The van der Waals surface area contributed by atoms with Crippen LogP contribution >= 0.6 is 0 Å². The highest BCUT2D eigenvalue weighted by Crippen LogP contribution is 2.34. The van der Waals surface area contributed by atoms with E-state index < -0.39 is 17.5 Å². The number of carbonyl (C=O) groups is 2. The molecule has 0 radical (unpaired) electrons. The number of nitriles is 1. The van der Waals surface area contributed by atoms with Gasteiger partial charge in [0.1, 0.15) is 0 Å². The van der Waals surface area contributed by atoms with Crippen LogP contribution < -0.4 is 10.6 Å². The van der Waals surface area contributed by atoms with Gasteiger partial charge in [-0.25, -0.2) is 4.79 Å². The summed E-state index contributed by atoms with van der Waals surface area (Å²) in [6, 6.07) is 8.64. The standard InChI is InChI=1S/C15H17N3O3/c16-9-6-11-2-4-12(5-3-11)17-14(21)18-15(7-1-8-15)10-13(19)20/h2-5H,1,6-8,10H2,(H,19,20)(H2,17,18,21). The zero-order valence-electron chi connectivity index (χ0n) is 11.6. The van der Waals surface area contributed by atoms with Crippen LogP contribution in [0.1, 0.15) is 31.2 Å². The fourth-order valence-electron chi connectivity index (χ4n) is 2.44. The second-order valence-electron chi connectivity index (χ2n) is 5.32. The SMILES string of the molecule is N#CCc1ccc(NC(=O)NC2(CC(=O)O)CCC2)cc1. The Morgan fingerprint density at radius 1 is 1.29 bits per heavy atom. The van der Waals surface area contributed by atoms with Gasteiger partial charge < -0.3 is 15.7 Å². The normalized spacial score (nSPS) is 15.4. The van der Waals surface area contributed by atoms with Crippen molar-refractivity contribution in [1.29, 1.82) is 5.26 Å². The quantitative estimate of drug-likeness (QED) is 0.773. The molecule has 0 unspecified atom stereocenters. The molecule has 1 aliphatic rings. The number of anilines is 1. The molecule has 0 saturated heterocycles. The molecule has 0 spiro atoms. The van der Waals surface area contributed by atoms with E-state index in [1.54, 1.807) is 24.3 Å². The van der Waals surface area contributed by atoms with Crippen LogP contribution in [-0.4, -0.2) is 22.6 Å². The van der Waals surface area contributed by atoms with E-state index in [0.717, 1.165) is 12.0 Å². The third-order valence-electron chi connectivity index (χ3n) is 3.67. The first-order chi connectivity index (χ1) is 10.0. The lowest BCUT2D eigenvalue weighted by Gasteiger charge is -2.41. The number of amides is 2. The van der Waals surface area contributed by atoms with Crippen molar-refractivity contribution in [3.63, 3.8) is 0 Å². The maximum absolute atomic E-state index is 11.9. The van der Waals surface area contributed by atoms with Crippen LogP contribution in [0, 0.1) is 11.3 Å². The van der Waals surface area contributed by atoms with Gasteiger partial charge in [0.05, 0.1) is 24.4 Å². The summed E-state index contributed by atoms with van der Waals surface area (Å²) in [5.74, 6) is -0.907. The Bertz CT molecular complexity index is 571. The van der Waals surface area contributed by atoms with Crippen LogP contribution in [0.2, 0.25) is 0 Å². The zero-order valence-corrected chi connectivity index (χ0v) is 11.6. The molecular formula is C15H17N3O3. The topological polar surface area (TPSA) is 102 Å². The molecule has 0 atom stereocenters. The summed E-state index contributed by atoms with van der Waals surface area (Å²) in [4.78, 5) is 22.8. The number of carboxylic acid groups (broad SMARTS) is 1. The van der Waals surface area contributed by atoms with Gasteiger partial charge >= 0.3 is 12.0 Å². The Hall–Kier alpha value is -2.55. The molecule has 3 N–H and O–H groups in total. The number of nitrogens with one attached hydrogen (secondary N) is 2. The lowest BCUT2D eigenvalue weighted by atomic mass is 9.74. The van der Waals surface area contributed by atoms with Gasteiger partial charge in [0.2, 0.25) is 0 Å². The summed E-state index contributed by atoms with van der Waals surface area (Å²) < 4.78 is 0. The first-order valence-electron chi connectivity index (χ1n) is 6.80. The van der Waals surface area contributed by atoms with Gasteiger partial charge in [-0.15, -0.1) is 0 Å². The Morgan fingerprint density at radius 2 is 1.95 bits per heavy atom. The third kappa shape index (κ3) is 3.96. The smallest absolute Gasteiger partial charge is 0.319 e. The Balaban J connectivity index is 1.92. The molecule has 6 heteroatoms. The van der Waals surface area contributed by atoms with Crippen LogP contribution in [0.15, 0.2) is 24.3 Å². The minimum atomic E-state index is -0.907. The molecule has 1 saturated carbocycles. The highest BCUT2D eigenvalue weighted by Gasteiger charge is 2.40. The van der Waals surface area contributed by atoms with Crippen molar-refractivity contribution >= 4 is 17.7 Å². The Labute approximate surface area is 122 Å². The van der Waals surface area contributed by atoms with Crippen molar-refractivity contribution < 1.29 is 14.7 Å². The van der Waals surface area contributed by atoms with E-state index in [-0.39, 0.29) is 6.42 Å². The number of carbonyl (C=O) groups excluding carboxylic acids is 1. The maximum Gasteiger partial charge on any atom is 0.319 e. The van der Waals surface area contributed by atoms with Crippen molar-refractivity contribution in [1.82, 2.24) is 5.32 Å². The van der Waals surface area contributed by atoms with Crippen molar-refractivity contribution in [2.24, 2.45) is 0 Å². The Kier molecular flexibility index (Phi) is 4.43. The summed E-state index contributed by atoms with van der Waals surface area (Å²) >= 11 is 0. The highest BCUT2D eigenvalue weighted by molar-refractivity contribution is 5.90. The summed E-state index contributed by atoms with van der Waals surface area (Å²) in [6.07, 6.45) is 2.58. The molecule has 1 aliphatic carbocycles. The Morgan fingerprint density at radius 3 is 2.43 bits per heavy atom. The first-order valence-corrected chi connectivity index (χ1v) is 6.80. The third-order valence-corrected chi connectivity index (χ3v) is 3.67. The maximum atomic E-state index is 11.9. The minimum absolute atomic E-state index is 0.0540. The van der Waals surface area contributed by atoms with Crippen LogP contribution in [0.4, 0.5) is 10.5 Å². The largest absolute Gasteiger partial charge is 0.481 e. The average molecular weight is 287 g/mol. The van der Waals surface area contributed by atoms with Crippen LogP contribution in [0.3, 0.4) is 0 Å². The molecule has 1 fully saturated rings. The first kappa shape index (κ1) is 14.9. The van der Waals surface area contributed by atoms with E-state index in [1.807, 2.05) is 0 Å². The monoisotopic (exact) mass is 287 g/mol. The number of carboxylic acids is 1. The molecule has 21 heavy (non-hydrogen) atoms. The fraction of sp³-hybridized carbons (Fsp3) is 0.400. The number of nitrogens with zero attached hydrogens (tertiary/aromatic N) is 1. The van der Waals surface area contributed by atoms with Crippen LogP contribution in [0.5, 0.6) is 0 Å². The van der Waals surface area contributed by atoms with E-state index in [2.05, 4.69) is 16.7 Å². The number of rotatable bonds is 5. The van der Waals surface area contributed by atoms with E-state index in [0.29, 0.717) is 24.9 Å². The molecule has 6 nitrogen and oxygen atoms in total. The molecule has 1 aromatic carbocycles. The van der Waals surface area contributed by atoms with Gasteiger partial charge in [-0.05, 0) is 37.0 Å². The number of aliphatic carboxylic acids is 1. The predicted octanol–water partition coefficient (Wildman–Crippen LogP) is 2.27. The number of urea groups is 1. The molecule has 0 heterocycles. The number of hydrogen-bond acceptors (Lipinski definition) is 3. The van der Waals surface area contributed by atoms with E-state index in [4.69, 9.17) is 10.4 Å². The summed E-state index contributed by atoms with van der Waals surface area (Å²) in [5.41, 5.74) is 0.875. The van der Waals surface area contributed by atoms with Crippen molar-refractivity contribution in [3.8, 4) is 6.07 Å². The van der Waals surface area contributed by atoms with Crippen molar-refractivity contribution in [3.05, 3.63) is 29.8 Å². The lowest BCUT2D eigenvalue weighted by molar-refractivity contribution is -0.139. The average Bonchev–Trinajstić information content (AvgIpc) is 2.38. The van der Waals surface area contributed by atoms with Gasteiger partial charge in [0.25, 0.3) is 0 Å². The van der Waals surface area contributed by atoms with Gasteiger partial charge in [-0.3, -0.25) is 4.79 Å². The van der Waals surface area contributed by atoms with E-state index >= 15 is 0 Å². The minimum Gasteiger partial charge on any atom is -0.481 e. The van der Waals surface area contributed by atoms with Gasteiger partial charge in [0.15, 0.2) is 0 Å². The fourth-order valence-corrected chi connectivity index (χ4v) is 2.44. The molecule has 2 rings (SSSR count). The number of benzene rings is 1. The van der Waals surface area contributed by atoms with Crippen LogP contribution in [-0.2, 0) is 11.2 Å². The highest BCUT2D eigenvalue weighted by atomic mass is 16.4. The van der Waals surface area contributed by atoms with Gasteiger partial charge in [-0.1, -0.05) is 12.1 Å². The molecule has 110 valence electrons. The summed E-state index contributed by atoms with van der Waals surface area (Å²) in [7, 11) is 0. The zero-order chi connectivity index (χ0) is 15.3. The predicted molar refractivity (Wildman–Crippen MR) is 76.7 cm³/mol. The molecule has 1 aromatic rings. The summed E-state index contributed by atoms with van der Waals surface area (Å²) in [6.45, 7) is 0. The molecule has 2 amide bonds. The van der Waals surface area contributed by atoms with Crippen molar-refractivity contribution in [2.75, 3.05) is 5.32 Å². The van der Waals surface area contributed by atoms with Gasteiger partial charge in [0, 0.05) is 5.69 Å². The molecular weight excluding hydrogens is 270 g/mol. The second-order valence-corrected chi connectivity index (χ2v) is 5.32. The van der Waals surface area contributed by atoms with Crippen LogP contribution in [0.25, 0.3) is 0 Å². The molecule has 0 aromatic heterocycles.